The van der Waals surface area contributed by atoms with Gasteiger partial charge in [-0.2, -0.15) is 0 Å². The van der Waals surface area contributed by atoms with Gasteiger partial charge >= 0.3 is 0 Å². The number of sulfone groups is 1. The summed E-state index contributed by atoms with van der Waals surface area (Å²) in [6.45, 7) is 2.02. The van der Waals surface area contributed by atoms with Crippen LogP contribution in [-0.4, -0.2) is 19.2 Å². The van der Waals surface area contributed by atoms with Crippen molar-refractivity contribution in [1.29, 1.82) is 0 Å². The Morgan fingerprint density at radius 3 is 2.94 bits per heavy atom. The van der Waals surface area contributed by atoms with E-state index < -0.39 is 9.84 Å². The summed E-state index contributed by atoms with van der Waals surface area (Å²) in [5, 5.41) is 1.07. The van der Waals surface area contributed by atoms with E-state index in [4.69, 9.17) is 0 Å². The van der Waals surface area contributed by atoms with Crippen LogP contribution in [0.25, 0.3) is 10.9 Å². The normalized spacial score (nSPS) is 18.6. The van der Waals surface area contributed by atoms with Crippen molar-refractivity contribution >= 4 is 20.7 Å². The lowest BCUT2D eigenvalue weighted by Gasteiger charge is -2.11. The fraction of sp³-hybridized carbons (Fsp3) is 0.333. The van der Waals surface area contributed by atoms with Crippen LogP contribution in [0.1, 0.15) is 16.8 Å². The van der Waals surface area contributed by atoms with Crippen molar-refractivity contribution in [2.45, 2.75) is 19.1 Å². The van der Waals surface area contributed by atoms with Crippen LogP contribution in [0.3, 0.4) is 0 Å². The van der Waals surface area contributed by atoms with Gasteiger partial charge in [-0.25, -0.2) is 8.42 Å². The fourth-order valence-corrected chi connectivity index (χ4v) is 3.77. The Bertz CT molecular complexity index is 668. The van der Waals surface area contributed by atoms with E-state index in [9.17, 15) is 8.42 Å². The molecule has 0 unspecified atom stereocenters. The van der Waals surface area contributed by atoms with Gasteiger partial charge in [0, 0.05) is 23.0 Å². The average Bonchev–Trinajstić information content (AvgIpc) is 2.55. The van der Waals surface area contributed by atoms with Crippen LogP contribution in [0, 0.1) is 6.92 Å². The maximum atomic E-state index is 11.6. The van der Waals surface area contributed by atoms with Gasteiger partial charge in [-0.15, -0.1) is 0 Å². The largest absolute Gasteiger partial charge is 0.358 e. The van der Waals surface area contributed by atoms with Gasteiger partial charge < -0.3 is 4.98 Å². The summed E-state index contributed by atoms with van der Waals surface area (Å²) in [5.74, 6) is 0.456. The molecule has 0 spiro atoms. The molecule has 1 aromatic carbocycles. The summed E-state index contributed by atoms with van der Waals surface area (Å²) in [4.78, 5) is 3.32. The van der Waals surface area contributed by atoms with Gasteiger partial charge in [0.15, 0.2) is 9.84 Å². The zero-order valence-electron chi connectivity index (χ0n) is 9.08. The van der Waals surface area contributed by atoms with E-state index in [-0.39, 0.29) is 11.5 Å². The Hall–Kier alpha value is -1.29. The van der Waals surface area contributed by atoms with Crippen molar-refractivity contribution in [2.24, 2.45) is 0 Å². The molecule has 0 radical (unpaired) electrons. The molecule has 0 bridgehead atoms. The van der Waals surface area contributed by atoms with Crippen molar-refractivity contribution in [3.8, 4) is 0 Å². The molecule has 0 saturated heterocycles. The number of benzene rings is 1. The Morgan fingerprint density at radius 1 is 1.31 bits per heavy atom. The molecule has 2 aromatic rings. The van der Waals surface area contributed by atoms with Gasteiger partial charge in [0.2, 0.25) is 0 Å². The van der Waals surface area contributed by atoms with Gasteiger partial charge in [-0.1, -0.05) is 11.6 Å². The molecule has 0 amide bonds. The topological polar surface area (TPSA) is 49.9 Å². The number of hydrogen-bond donors (Lipinski definition) is 1. The number of nitrogens with one attached hydrogen (secondary N) is 1. The van der Waals surface area contributed by atoms with Crippen LogP contribution in [-0.2, 0) is 22.0 Å². The first kappa shape index (κ1) is 9.90. The molecular formula is C12H13NO2S. The smallest absolute Gasteiger partial charge is 0.154 e. The van der Waals surface area contributed by atoms with E-state index in [1.54, 1.807) is 0 Å². The van der Waals surface area contributed by atoms with E-state index in [1.165, 1.54) is 0 Å². The van der Waals surface area contributed by atoms with Crippen molar-refractivity contribution in [1.82, 2.24) is 4.98 Å². The zero-order chi connectivity index (χ0) is 11.3. The molecule has 16 heavy (non-hydrogen) atoms. The molecule has 0 atom stereocenters. The predicted octanol–water partition coefficient (Wildman–Crippen LogP) is 1.95. The van der Waals surface area contributed by atoms with Crippen LogP contribution >= 0.6 is 0 Å². The Morgan fingerprint density at radius 2 is 2.12 bits per heavy atom. The molecule has 0 fully saturated rings. The maximum Gasteiger partial charge on any atom is 0.154 e. The maximum absolute atomic E-state index is 11.6. The minimum atomic E-state index is -2.89. The first-order valence-electron chi connectivity index (χ1n) is 5.36. The molecular weight excluding hydrogens is 222 g/mol. The summed E-state index contributed by atoms with van der Waals surface area (Å²) >= 11 is 0. The van der Waals surface area contributed by atoms with Crippen LogP contribution in [0.15, 0.2) is 18.2 Å². The van der Waals surface area contributed by atoms with Gasteiger partial charge in [0.1, 0.15) is 0 Å². The molecule has 1 N–H and O–H groups in total. The SMILES string of the molecule is Cc1ccc2[nH]c3c(c2c1)CS(=O)(=O)CC3. The number of H-pyrrole nitrogens is 1. The molecule has 4 heteroatoms. The van der Waals surface area contributed by atoms with Crippen LogP contribution < -0.4 is 0 Å². The predicted molar refractivity (Wildman–Crippen MR) is 64.2 cm³/mol. The average molecular weight is 235 g/mol. The Balaban J connectivity index is 2.31. The highest BCUT2D eigenvalue weighted by Crippen LogP contribution is 2.29. The quantitative estimate of drug-likeness (QED) is 0.758. The van der Waals surface area contributed by atoms with Gasteiger partial charge in [0.05, 0.1) is 11.5 Å². The number of aromatic nitrogens is 1. The molecule has 3 nitrogen and oxygen atoms in total. The van der Waals surface area contributed by atoms with Gasteiger partial charge in [-0.05, 0) is 24.6 Å². The fourth-order valence-electron chi connectivity index (χ4n) is 2.35. The number of fused-ring (bicyclic) bond motifs is 3. The minimum absolute atomic E-state index is 0.186. The lowest BCUT2D eigenvalue weighted by atomic mass is 10.1. The Labute approximate surface area is 94.4 Å². The molecule has 0 saturated carbocycles. The number of hydrogen-bond acceptors (Lipinski definition) is 2. The van der Waals surface area contributed by atoms with E-state index in [0.29, 0.717) is 6.42 Å². The lowest BCUT2D eigenvalue weighted by molar-refractivity contribution is 0.591. The van der Waals surface area contributed by atoms with Gasteiger partial charge in [-0.3, -0.25) is 0 Å². The van der Waals surface area contributed by atoms with Crippen LogP contribution in [0.4, 0.5) is 0 Å². The van der Waals surface area contributed by atoms with E-state index in [1.807, 2.05) is 19.1 Å². The van der Waals surface area contributed by atoms with E-state index >= 15 is 0 Å². The summed E-state index contributed by atoms with van der Waals surface area (Å²) in [5.41, 5.74) is 4.28. The summed E-state index contributed by atoms with van der Waals surface area (Å²) < 4.78 is 23.3. The third-order valence-electron chi connectivity index (χ3n) is 3.18. The molecule has 84 valence electrons. The molecule has 3 rings (SSSR count). The second-order valence-corrected chi connectivity index (χ2v) is 6.66. The third kappa shape index (κ3) is 1.45. The second-order valence-electron chi connectivity index (χ2n) is 4.47. The monoisotopic (exact) mass is 235 g/mol. The van der Waals surface area contributed by atoms with Crippen LogP contribution in [0.5, 0.6) is 0 Å². The van der Waals surface area contributed by atoms with Crippen molar-refractivity contribution in [3.63, 3.8) is 0 Å². The number of aromatic amines is 1. The molecule has 0 aliphatic carbocycles. The van der Waals surface area contributed by atoms with Crippen molar-refractivity contribution in [3.05, 3.63) is 35.0 Å². The van der Waals surface area contributed by atoms with Crippen molar-refractivity contribution in [2.75, 3.05) is 5.75 Å². The van der Waals surface area contributed by atoms with E-state index in [2.05, 4.69) is 11.1 Å². The second kappa shape index (κ2) is 3.10. The number of aryl methyl sites for hydroxylation is 2. The third-order valence-corrected chi connectivity index (χ3v) is 4.73. The molecule has 1 aliphatic rings. The van der Waals surface area contributed by atoms with Crippen molar-refractivity contribution < 1.29 is 8.42 Å². The highest BCUT2D eigenvalue weighted by molar-refractivity contribution is 7.90. The first-order valence-corrected chi connectivity index (χ1v) is 7.18. The highest BCUT2D eigenvalue weighted by Gasteiger charge is 2.24. The zero-order valence-corrected chi connectivity index (χ0v) is 9.89. The molecule has 2 heterocycles. The molecule has 1 aromatic heterocycles. The van der Waals surface area contributed by atoms with Crippen LogP contribution in [0.2, 0.25) is 0 Å². The number of rotatable bonds is 0. The summed E-state index contributed by atoms with van der Waals surface area (Å²) in [6.07, 6.45) is 0.616. The van der Waals surface area contributed by atoms with E-state index in [0.717, 1.165) is 27.7 Å². The summed E-state index contributed by atoms with van der Waals surface area (Å²) in [6, 6.07) is 6.12. The highest BCUT2D eigenvalue weighted by atomic mass is 32.2. The molecule has 1 aliphatic heterocycles. The Kier molecular flexibility index (Phi) is 1.92. The van der Waals surface area contributed by atoms with Gasteiger partial charge in [0.25, 0.3) is 0 Å². The first-order chi connectivity index (χ1) is 7.55. The lowest BCUT2D eigenvalue weighted by Crippen LogP contribution is -2.18. The minimum Gasteiger partial charge on any atom is -0.358 e. The summed E-state index contributed by atoms with van der Waals surface area (Å²) in [7, 11) is -2.89. The standard InChI is InChI=1S/C12H13NO2S/c1-8-2-3-11-9(6-8)10-7-16(14,15)5-4-12(10)13-11/h2-3,6,13H,4-5,7H2,1H3.